The Kier molecular flexibility index (Phi) is 3.69. The van der Waals surface area contributed by atoms with Crippen LogP contribution in [0.1, 0.15) is 5.56 Å². The third-order valence-electron chi connectivity index (χ3n) is 3.13. The lowest BCUT2D eigenvalue weighted by Gasteiger charge is -2.24. The fourth-order valence-electron chi connectivity index (χ4n) is 2.15. The van der Waals surface area contributed by atoms with E-state index in [2.05, 4.69) is 39.1 Å². The van der Waals surface area contributed by atoms with Crippen molar-refractivity contribution < 1.29 is 0 Å². The van der Waals surface area contributed by atoms with Crippen LogP contribution in [0.15, 0.2) is 79.4 Å². The Hall–Kier alpha value is -2.68. The first-order chi connectivity index (χ1) is 9.93. The summed E-state index contributed by atoms with van der Waals surface area (Å²) in [5, 5.41) is 0. The largest absolute Gasteiger partial charge is 0.337 e. The second kappa shape index (κ2) is 5.97. The van der Waals surface area contributed by atoms with E-state index in [9.17, 15) is 0 Å². The molecule has 98 valence electrons. The van der Waals surface area contributed by atoms with Crippen molar-refractivity contribution in [3.8, 4) is 0 Å². The number of aromatic nitrogens is 2. The fraction of sp³-hybridized carbons (Fsp3) is 0.0588. The van der Waals surface area contributed by atoms with E-state index >= 15 is 0 Å². The standard InChI is InChI=1S/C17H15N3/c1-2-4-15(5-3-1)14-20(16-6-10-18-11-7-16)17-8-12-19-13-9-17/h1-13H,14H2. The molecule has 0 aliphatic heterocycles. The van der Waals surface area contributed by atoms with E-state index in [1.807, 2.05) is 55.1 Å². The number of nitrogens with zero attached hydrogens (tertiary/aromatic N) is 3. The molecule has 0 aliphatic rings. The molecule has 20 heavy (non-hydrogen) atoms. The van der Waals surface area contributed by atoms with Crippen molar-refractivity contribution in [2.45, 2.75) is 6.54 Å². The molecule has 3 rings (SSSR count). The first-order valence-corrected chi connectivity index (χ1v) is 6.55. The summed E-state index contributed by atoms with van der Waals surface area (Å²) in [5.41, 5.74) is 3.51. The zero-order valence-corrected chi connectivity index (χ0v) is 11.1. The molecule has 0 spiro atoms. The molecule has 0 N–H and O–H groups in total. The topological polar surface area (TPSA) is 29.0 Å². The third kappa shape index (κ3) is 2.83. The minimum absolute atomic E-state index is 0.814. The number of benzene rings is 1. The highest BCUT2D eigenvalue weighted by atomic mass is 15.1. The first kappa shape index (κ1) is 12.4. The van der Waals surface area contributed by atoms with Gasteiger partial charge < -0.3 is 4.90 Å². The maximum Gasteiger partial charge on any atom is 0.0481 e. The molecule has 0 bridgehead atoms. The smallest absolute Gasteiger partial charge is 0.0481 e. The van der Waals surface area contributed by atoms with Crippen molar-refractivity contribution in [3.63, 3.8) is 0 Å². The first-order valence-electron chi connectivity index (χ1n) is 6.55. The molecule has 0 aliphatic carbocycles. The van der Waals surface area contributed by atoms with Crippen LogP contribution >= 0.6 is 0 Å². The summed E-state index contributed by atoms with van der Waals surface area (Å²) in [5.74, 6) is 0. The molecule has 0 saturated heterocycles. The van der Waals surface area contributed by atoms with Crippen LogP contribution in [-0.4, -0.2) is 9.97 Å². The van der Waals surface area contributed by atoms with Gasteiger partial charge in [0.05, 0.1) is 0 Å². The van der Waals surface area contributed by atoms with E-state index < -0.39 is 0 Å². The van der Waals surface area contributed by atoms with Crippen LogP contribution in [0.3, 0.4) is 0 Å². The predicted octanol–water partition coefficient (Wildman–Crippen LogP) is 3.81. The fourth-order valence-corrected chi connectivity index (χ4v) is 2.15. The summed E-state index contributed by atoms with van der Waals surface area (Å²) < 4.78 is 0. The van der Waals surface area contributed by atoms with E-state index in [0.717, 1.165) is 17.9 Å². The van der Waals surface area contributed by atoms with Gasteiger partial charge in [-0.1, -0.05) is 30.3 Å². The summed E-state index contributed by atoms with van der Waals surface area (Å²) in [6, 6.07) is 18.5. The van der Waals surface area contributed by atoms with E-state index in [1.54, 1.807) is 0 Å². The van der Waals surface area contributed by atoms with Gasteiger partial charge in [0.15, 0.2) is 0 Å². The molecule has 0 saturated carbocycles. The molecular weight excluding hydrogens is 246 g/mol. The molecule has 1 aromatic carbocycles. The molecule has 0 amide bonds. The van der Waals surface area contributed by atoms with Crippen LogP contribution < -0.4 is 4.90 Å². The molecule has 0 unspecified atom stereocenters. The van der Waals surface area contributed by atoms with Crippen LogP contribution in [0, 0.1) is 0 Å². The van der Waals surface area contributed by atoms with Crippen LogP contribution in [0.4, 0.5) is 11.4 Å². The van der Waals surface area contributed by atoms with E-state index in [0.29, 0.717) is 0 Å². The molecule has 3 heteroatoms. The monoisotopic (exact) mass is 261 g/mol. The number of anilines is 2. The average molecular weight is 261 g/mol. The Morgan fingerprint density at radius 3 is 1.65 bits per heavy atom. The number of rotatable bonds is 4. The lowest BCUT2D eigenvalue weighted by molar-refractivity contribution is 0.969. The van der Waals surface area contributed by atoms with Gasteiger partial charge in [-0.2, -0.15) is 0 Å². The third-order valence-corrected chi connectivity index (χ3v) is 3.13. The van der Waals surface area contributed by atoms with E-state index in [1.165, 1.54) is 5.56 Å². The summed E-state index contributed by atoms with van der Waals surface area (Å²) in [6.45, 7) is 0.814. The molecule has 3 nitrogen and oxygen atoms in total. The lowest BCUT2D eigenvalue weighted by atomic mass is 10.2. The highest BCUT2D eigenvalue weighted by Gasteiger charge is 2.09. The van der Waals surface area contributed by atoms with Crippen molar-refractivity contribution in [2.75, 3.05) is 4.90 Å². The van der Waals surface area contributed by atoms with Crippen molar-refractivity contribution in [1.82, 2.24) is 9.97 Å². The molecule has 0 radical (unpaired) electrons. The second-order valence-corrected chi connectivity index (χ2v) is 4.48. The van der Waals surface area contributed by atoms with Crippen molar-refractivity contribution in [2.24, 2.45) is 0 Å². The summed E-state index contributed by atoms with van der Waals surface area (Å²) in [6.07, 6.45) is 7.26. The molecule has 3 aromatic rings. The summed E-state index contributed by atoms with van der Waals surface area (Å²) in [4.78, 5) is 10.4. The Morgan fingerprint density at radius 2 is 1.15 bits per heavy atom. The molecule has 0 atom stereocenters. The van der Waals surface area contributed by atoms with Crippen LogP contribution in [0.25, 0.3) is 0 Å². The molecule has 2 heterocycles. The zero-order valence-electron chi connectivity index (χ0n) is 11.1. The summed E-state index contributed by atoms with van der Waals surface area (Å²) >= 11 is 0. The Morgan fingerprint density at radius 1 is 0.650 bits per heavy atom. The van der Waals surface area contributed by atoms with Gasteiger partial charge in [-0.3, -0.25) is 9.97 Å². The highest BCUT2D eigenvalue weighted by molar-refractivity contribution is 5.62. The van der Waals surface area contributed by atoms with Gasteiger partial charge in [0.25, 0.3) is 0 Å². The van der Waals surface area contributed by atoms with Crippen LogP contribution in [-0.2, 0) is 6.54 Å². The summed E-state index contributed by atoms with van der Waals surface area (Å²) in [7, 11) is 0. The van der Waals surface area contributed by atoms with Gasteiger partial charge in [0.2, 0.25) is 0 Å². The van der Waals surface area contributed by atoms with Crippen molar-refractivity contribution >= 4 is 11.4 Å². The average Bonchev–Trinajstić information content (AvgIpc) is 2.55. The molecular formula is C17H15N3. The highest BCUT2D eigenvalue weighted by Crippen LogP contribution is 2.26. The zero-order chi connectivity index (χ0) is 13.6. The van der Waals surface area contributed by atoms with Crippen molar-refractivity contribution in [3.05, 3.63) is 84.9 Å². The Bertz CT molecular complexity index is 599. The van der Waals surface area contributed by atoms with Gasteiger partial charge >= 0.3 is 0 Å². The lowest BCUT2D eigenvalue weighted by Crippen LogP contribution is -2.16. The maximum absolute atomic E-state index is 4.09. The number of pyridine rings is 2. The minimum Gasteiger partial charge on any atom is -0.337 e. The van der Waals surface area contributed by atoms with Crippen molar-refractivity contribution in [1.29, 1.82) is 0 Å². The van der Waals surface area contributed by atoms with E-state index in [-0.39, 0.29) is 0 Å². The maximum atomic E-state index is 4.09. The minimum atomic E-state index is 0.814. The SMILES string of the molecule is c1ccc(CN(c2ccncc2)c2ccncc2)cc1. The normalized spacial score (nSPS) is 10.2. The number of hydrogen-bond acceptors (Lipinski definition) is 3. The Balaban J connectivity index is 1.96. The predicted molar refractivity (Wildman–Crippen MR) is 80.8 cm³/mol. The van der Waals surface area contributed by atoms with Gasteiger partial charge in [0, 0.05) is 42.7 Å². The van der Waals surface area contributed by atoms with Gasteiger partial charge in [-0.25, -0.2) is 0 Å². The molecule has 0 fully saturated rings. The van der Waals surface area contributed by atoms with Gasteiger partial charge in [-0.15, -0.1) is 0 Å². The van der Waals surface area contributed by atoms with Crippen LogP contribution in [0.2, 0.25) is 0 Å². The van der Waals surface area contributed by atoms with Gasteiger partial charge in [-0.05, 0) is 29.8 Å². The second-order valence-electron chi connectivity index (χ2n) is 4.48. The number of hydrogen-bond donors (Lipinski definition) is 0. The Labute approximate surface area is 118 Å². The van der Waals surface area contributed by atoms with E-state index in [4.69, 9.17) is 0 Å². The van der Waals surface area contributed by atoms with Crippen LogP contribution in [0.5, 0.6) is 0 Å². The van der Waals surface area contributed by atoms with Gasteiger partial charge in [0.1, 0.15) is 0 Å². The molecule has 2 aromatic heterocycles. The quantitative estimate of drug-likeness (QED) is 0.715.